The molecule has 0 saturated carbocycles. The number of hydrogen-bond donors (Lipinski definition) is 3. The number of nitrogens with one attached hydrogen (secondary N) is 2. The molecule has 0 spiro atoms. The number of nitrogen functional groups attached to an aromatic ring is 1. The van der Waals surface area contributed by atoms with E-state index < -0.39 is 0 Å². The van der Waals surface area contributed by atoms with Crippen LogP contribution in [0.4, 0.5) is 11.6 Å². The predicted molar refractivity (Wildman–Crippen MR) is 68.3 cm³/mol. The second-order valence-electron chi connectivity index (χ2n) is 3.57. The Morgan fingerprint density at radius 1 is 1.56 bits per heavy atom. The zero-order valence-corrected chi connectivity index (χ0v) is 10.7. The molecule has 1 rings (SSSR count). The summed E-state index contributed by atoms with van der Waals surface area (Å²) < 4.78 is 5.21. The van der Waals surface area contributed by atoms with E-state index in [0.29, 0.717) is 30.4 Å². The lowest BCUT2D eigenvalue weighted by Gasteiger charge is -2.20. The number of rotatable bonds is 6. The number of hydrogen-bond acceptors (Lipinski definition) is 7. The van der Waals surface area contributed by atoms with E-state index in [1.54, 1.807) is 11.9 Å². The van der Waals surface area contributed by atoms with Gasteiger partial charge in [-0.3, -0.25) is 4.79 Å². The van der Waals surface area contributed by atoms with Gasteiger partial charge in [0, 0.05) is 27.1 Å². The summed E-state index contributed by atoms with van der Waals surface area (Å²) in [5.41, 5.74) is 2.44. The van der Waals surface area contributed by atoms with Crippen molar-refractivity contribution in [1.82, 2.24) is 15.3 Å². The number of anilines is 2. The van der Waals surface area contributed by atoms with E-state index in [0.717, 1.165) is 0 Å². The van der Waals surface area contributed by atoms with Crippen molar-refractivity contribution in [1.29, 1.82) is 0 Å². The molecule has 1 heterocycles. The summed E-state index contributed by atoms with van der Waals surface area (Å²) in [7, 11) is 4.92. The highest BCUT2D eigenvalue weighted by molar-refractivity contribution is 5.76. The minimum atomic E-state index is -0.0351. The number of carbonyl (C=O) groups excluding carboxylic acids is 1. The maximum absolute atomic E-state index is 11.2. The van der Waals surface area contributed by atoms with E-state index in [-0.39, 0.29) is 5.91 Å². The van der Waals surface area contributed by atoms with E-state index >= 15 is 0 Å². The molecule has 0 unspecified atom stereocenters. The van der Waals surface area contributed by atoms with Crippen molar-refractivity contribution in [3.63, 3.8) is 0 Å². The maximum atomic E-state index is 11.2. The van der Waals surface area contributed by atoms with Gasteiger partial charge in [-0.2, -0.15) is 0 Å². The highest BCUT2D eigenvalue weighted by atomic mass is 16.5. The van der Waals surface area contributed by atoms with Gasteiger partial charge in [-0.05, 0) is 0 Å². The Morgan fingerprint density at radius 3 is 2.83 bits per heavy atom. The SMILES string of the molecule is CNC(=O)CCN(C)c1ncnc(NN)c1OC. The molecular formula is C10H18N6O2. The third-order valence-electron chi connectivity index (χ3n) is 2.44. The number of carbonyl (C=O) groups is 1. The predicted octanol–water partition coefficient (Wildman–Crippen LogP) is -0.657. The van der Waals surface area contributed by atoms with E-state index in [1.165, 1.54) is 13.4 Å². The molecule has 0 aliphatic carbocycles. The van der Waals surface area contributed by atoms with Crippen LogP contribution in [0.1, 0.15) is 6.42 Å². The standard InChI is InChI=1S/C10H18N6O2/c1-12-7(17)4-5-16(2)10-8(18-3)9(15-11)13-6-14-10/h6H,4-5,11H2,1-3H3,(H,12,17)(H,13,14,15). The minimum absolute atomic E-state index is 0.0351. The van der Waals surface area contributed by atoms with Gasteiger partial charge < -0.3 is 20.4 Å². The number of hydrazine groups is 1. The molecule has 100 valence electrons. The molecular weight excluding hydrogens is 236 g/mol. The Hall–Kier alpha value is -2.09. The smallest absolute Gasteiger partial charge is 0.221 e. The van der Waals surface area contributed by atoms with Gasteiger partial charge in [0.2, 0.25) is 11.7 Å². The molecule has 1 amide bonds. The van der Waals surface area contributed by atoms with Gasteiger partial charge in [0.15, 0.2) is 11.6 Å². The quantitative estimate of drug-likeness (QED) is 0.457. The van der Waals surface area contributed by atoms with Gasteiger partial charge in [-0.15, -0.1) is 0 Å². The monoisotopic (exact) mass is 254 g/mol. The summed E-state index contributed by atoms with van der Waals surface area (Å²) in [5, 5.41) is 2.56. The van der Waals surface area contributed by atoms with Crippen molar-refractivity contribution >= 4 is 17.5 Å². The van der Waals surface area contributed by atoms with Crippen LogP contribution in [-0.2, 0) is 4.79 Å². The maximum Gasteiger partial charge on any atom is 0.221 e. The lowest BCUT2D eigenvalue weighted by molar-refractivity contribution is -0.120. The molecule has 8 nitrogen and oxygen atoms in total. The number of ether oxygens (including phenoxy) is 1. The minimum Gasteiger partial charge on any atom is -0.490 e. The largest absolute Gasteiger partial charge is 0.490 e. The van der Waals surface area contributed by atoms with E-state index in [2.05, 4.69) is 20.7 Å². The zero-order valence-electron chi connectivity index (χ0n) is 10.7. The number of nitrogens with zero attached hydrogens (tertiary/aromatic N) is 3. The Bertz CT molecular complexity index is 411. The van der Waals surface area contributed by atoms with E-state index in [9.17, 15) is 4.79 Å². The van der Waals surface area contributed by atoms with Gasteiger partial charge in [0.05, 0.1) is 7.11 Å². The Morgan fingerprint density at radius 2 is 2.28 bits per heavy atom. The van der Waals surface area contributed by atoms with Crippen molar-refractivity contribution in [2.75, 3.05) is 38.1 Å². The van der Waals surface area contributed by atoms with Gasteiger partial charge >= 0.3 is 0 Å². The summed E-state index contributed by atoms with van der Waals surface area (Å²) in [6.07, 6.45) is 1.75. The van der Waals surface area contributed by atoms with Crippen LogP contribution in [0.2, 0.25) is 0 Å². The van der Waals surface area contributed by atoms with Crippen molar-refractivity contribution in [2.45, 2.75) is 6.42 Å². The molecule has 0 aliphatic rings. The Kier molecular flexibility index (Phi) is 5.12. The number of nitrogens with two attached hydrogens (primary N) is 1. The first kappa shape index (κ1) is 14.0. The lowest BCUT2D eigenvalue weighted by Crippen LogP contribution is -2.27. The fraction of sp³-hybridized carbons (Fsp3) is 0.500. The van der Waals surface area contributed by atoms with Gasteiger partial charge in [-0.25, -0.2) is 15.8 Å². The van der Waals surface area contributed by atoms with Crippen LogP contribution < -0.4 is 26.2 Å². The van der Waals surface area contributed by atoms with Gasteiger partial charge in [0.1, 0.15) is 6.33 Å². The summed E-state index contributed by atoms with van der Waals surface area (Å²) in [4.78, 5) is 21.1. The topological polar surface area (TPSA) is 105 Å². The molecule has 0 bridgehead atoms. The van der Waals surface area contributed by atoms with Crippen molar-refractivity contribution in [3.05, 3.63) is 6.33 Å². The molecule has 0 aromatic carbocycles. The molecule has 18 heavy (non-hydrogen) atoms. The van der Waals surface area contributed by atoms with Crippen molar-refractivity contribution < 1.29 is 9.53 Å². The lowest BCUT2D eigenvalue weighted by atomic mass is 10.3. The first-order valence-corrected chi connectivity index (χ1v) is 5.41. The van der Waals surface area contributed by atoms with Crippen LogP contribution in [-0.4, -0.2) is 43.6 Å². The van der Waals surface area contributed by atoms with E-state index in [4.69, 9.17) is 10.6 Å². The van der Waals surface area contributed by atoms with Crippen LogP contribution >= 0.6 is 0 Å². The average Bonchev–Trinajstić information content (AvgIpc) is 2.42. The highest BCUT2D eigenvalue weighted by Crippen LogP contribution is 2.30. The molecule has 0 fully saturated rings. The summed E-state index contributed by atoms with van der Waals surface area (Å²) in [6, 6.07) is 0. The zero-order chi connectivity index (χ0) is 13.5. The molecule has 8 heteroatoms. The first-order chi connectivity index (χ1) is 8.63. The van der Waals surface area contributed by atoms with Gasteiger partial charge in [-0.1, -0.05) is 0 Å². The van der Waals surface area contributed by atoms with Crippen LogP contribution in [0.25, 0.3) is 0 Å². The normalized spacial score (nSPS) is 9.78. The van der Waals surface area contributed by atoms with Crippen molar-refractivity contribution in [3.8, 4) is 5.75 Å². The third-order valence-corrected chi connectivity index (χ3v) is 2.44. The van der Waals surface area contributed by atoms with Crippen molar-refractivity contribution in [2.24, 2.45) is 5.84 Å². The highest BCUT2D eigenvalue weighted by Gasteiger charge is 2.15. The molecule has 0 radical (unpaired) electrons. The van der Waals surface area contributed by atoms with Crippen LogP contribution in [0, 0.1) is 0 Å². The summed E-state index contributed by atoms with van der Waals surface area (Å²) in [5.74, 6) is 6.72. The first-order valence-electron chi connectivity index (χ1n) is 5.41. The molecule has 4 N–H and O–H groups in total. The number of aromatic nitrogens is 2. The Labute approximate surface area is 106 Å². The fourth-order valence-electron chi connectivity index (χ4n) is 1.43. The summed E-state index contributed by atoms with van der Waals surface area (Å²) in [6.45, 7) is 0.511. The number of amides is 1. The van der Waals surface area contributed by atoms with E-state index in [1.807, 2.05) is 7.05 Å². The molecule has 0 aliphatic heterocycles. The van der Waals surface area contributed by atoms with Gasteiger partial charge in [0.25, 0.3) is 0 Å². The average molecular weight is 254 g/mol. The molecule has 0 saturated heterocycles. The molecule has 0 atom stereocenters. The van der Waals surface area contributed by atoms with Crippen LogP contribution in [0.5, 0.6) is 5.75 Å². The second-order valence-corrected chi connectivity index (χ2v) is 3.57. The second kappa shape index (κ2) is 6.60. The van der Waals surface area contributed by atoms with Crippen LogP contribution in [0.15, 0.2) is 6.33 Å². The molecule has 1 aromatic rings. The fourth-order valence-corrected chi connectivity index (χ4v) is 1.43. The Balaban J connectivity index is 2.84. The summed E-state index contributed by atoms with van der Waals surface area (Å²) >= 11 is 0. The van der Waals surface area contributed by atoms with Crippen LogP contribution in [0.3, 0.4) is 0 Å². The third kappa shape index (κ3) is 3.20. The number of methoxy groups -OCH3 is 1. The molecule has 1 aromatic heterocycles.